The molecule has 1 aliphatic rings. The molecule has 0 bridgehead atoms. The van der Waals surface area contributed by atoms with Crippen LogP contribution in [0.15, 0.2) is 42.6 Å². The predicted octanol–water partition coefficient (Wildman–Crippen LogP) is 3.68. The normalized spacial score (nSPS) is 14.7. The summed E-state index contributed by atoms with van der Waals surface area (Å²) in [7, 11) is 6.17. The Labute approximate surface area is 197 Å². The summed E-state index contributed by atoms with van der Waals surface area (Å²) in [4.78, 5) is 34.3. The lowest BCUT2D eigenvalue weighted by atomic mass is 9.82. The first kappa shape index (κ1) is 23.0. The molecule has 1 aromatic heterocycles. The molecule has 0 radical (unpaired) electrons. The Morgan fingerprint density at radius 3 is 2.26 bits per heavy atom. The average molecular weight is 463 g/mol. The van der Waals surface area contributed by atoms with Crippen molar-refractivity contribution in [2.75, 3.05) is 33.8 Å². The Balaban J connectivity index is 1.58. The average Bonchev–Trinajstić information content (AvgIpc) is 2.87. The van der Waals surface area contributed by atoms with Crippen LogP contribution in [0.4, 0.5) is 5.95 Å². The lowest BCUT2D eigenvalue weighted by Crippen LogP contribution is -2.22. The summed E-state index contributed by atoms with van der Waals surface area (Å²) < 4.78 is 21.2. The second-order valence-corrected chi connectivity index (χ2v) is 7.75. The summed E-state index contributed by atoms with van der Waals surface area (Å²) in [6, 6.07) is 10.5. The minimum absolute atomic E-state index is 0.0450. The van der Waals surface area contributed by atoms with Crippen LogP contribution in [0.3, 0.4) is 0 Å². The number of methoxy groups -OCH3 is 4. The predicted molar refractivity (Wildman–Crippen MR) is 124 cm³/mol. The number of fused-ring (bicyclic) bond motifs is 1. The van der Waals surface area contributed by atoms with Gasteiger partial charge in [0, 0.05) is 24.2 Å². The number of nitrogens with zero attached hydrogens (tertiary/aromatic N) is 2. The number of carbonyl (C=O) groups is 2. The van der Waals surface area contributed by atoms with E-state index in [1.807, 2.05) is 18.2 Å². The van der Waals surface area contributed by atoms with Crippen LogP contribution >= 0.6 is 0 Å². The molecule has 9 nitrogen and oxygen atoms in total. The molecule has 1 N–H and O–H groups in total. The van der Waals surface area contributed by atoms with Crippen molar-refractivity contribution in [2.45, 2.75) is 18.8 Å². The van der Waals surface area contributed by atoms with E-state index in [9.17, 15) is 9.59 Å². The third kappa shape index (κ3) is 4.63. The van der Waals surface area contributed by atoms with Gasteiger partial charge in [0.1, 0.15) is 11.5 Å². The number of Topliss-reactive ketones (excluding diaryl/α,β-unsaturated/α-hetero) is 1. The molecule has 1 heterocycles. The van der Waals surface area contributed by atoms with Gasteiger partial charge in [-0.1, -0.05) is 6.07 Å². The van der Waals surface area contributed by atoms with Crippen molar-refractivity contribution in [2.24, 2.45) is 0 Å². The number of benzene rings is 2. The van der Waals surface area contributed by atoms with Crippen molar-refractivity contribution in [1.82, 2.24) is 9.97 Å². The summed E-state index contributed by atoms with van der Waals surface area (Å²) in [5.41, 5.74) is 2.34. The fraction of sp³-hybridized carbons (Fsp3) is 0.280. The van der Waals surface area contributed by atoms with Crippen LogP contribution in [0.5, 0.6) is 23.0 Å². The number of anilines is 1. The lowest BCUT2D eigenvalue weighted by Gasteiger charge is -2.24. The van der Waals surface area contributed by atoms with Crippen LogP contribution in [0.1, 0.15) is 44.3 Å². The van der Waals surface area contributed by atoms with Crippen molar-refractivity contribution < 1.29 is 28.5 Å². The zero-order valence-corrected chi connectivity index (χ0v) is 19.4. The molecule has 0 saturated heterocycles. The van der Waals surface area contributed by atoms with E-state index >= 15 is 0 Å². The van der Waals surface area contributed by atoms with Gasteiger partial charge in [0.25, 0.3) is 5.91 Å². The standard InChI is InChI=1S/C25H25N3O6/c1-31-17-7-16(8-18(12-17)32-2)24(30)28-25-26-13-19-20(27-25)9-15(10-21(19)29)14-5-6-22(33-3)23(11-14)34-4/h5-8,11-13,15H,9-10H2,1-4H3,(H,26,27,28,30). The Morgan fingerprint density at radius 1 is 0.912 bits per heavy atom. The number of hydrogen-bond acceptors (Lipinski definition) is 8. The molecule has 2 aromatic carbocycles. The van der Waals surface area contributed by atoms with Crippen molar-refractivity contribution in [3.63, 3.8) is 0 Å². The van der Waals surface area contributed by atoms with Crippen LogP contribution in [0.25, 0.3) is 0 Å². The zero-order chi connectivity index (χ0) is 24.2. The number of rotatable bonds is 7. The largest absolute Gasteiger partial charge is 0.497 e. The summed E-state index contributed by atoms with van der Waals surface area (Å²) >= 11 is 0. The van der Waals surface area contributed by atoms with Crippen LogP contribution < -0.4 is 24.3 Å². The molecule has 0 saturated carbocycles. The summed E-state index contributed by atoms with van der Waals surface area (Å²) in [5.74, 6) is 1.76. The molecule has 0 spiro atoms. The first-order valence-electron chi connectivity index (χ1n) is 10.6. The third-order valence-electron chi connectivity index (χ3n) is 5.76. The molecule has 34 heavy (non-hydrogen) atoms. The fourth-order valence-electron chi connectivity index (χ4n) is 3.96. The van der Waals surface area contributed by atoms with Crippen LogP contribution in [-0.2, 0) is 6.42 Å². The van der Waals surface area contributed by atoms with Gasteiger partial charge in [-0.3, -0.25) is 14.9 Å². The van der Waals surface area contributed by atoms with E-state index in [1.165, 1.54) is 20.4 Å². The van der Waals surface area contributed by atoms with E-state index in [0.717, 1.165) is 5.56 Å². The highest BCUT2D eigenvalue weighted by Gasteiger charge is 2.29. The second kappa shape index (κ2) is 9.78. The molecule has 3 aromatic rings. The molecule has 1 amide bonds. The number of carbonyl (C=O) groups excluding carboxylic acids is 2. The summed E-state index contributed by atoms with van der Waals surface area (Å²) in [6.45, 7) is 0. The number of ketones is 1. The quantitative estimate of drug-likeness (QED) is 0.565. The lowest BCUT2D eigenvalue weighted by molar-refractivity contribution is 0.0962. The molecule has 9 heteroatoms. The molecule has 176 valence electrons. The van der Waals surface area contributed by atoms with E-state index in [2.05, 4.69) is 15.3 Å². The molecular weight excluding hydrogens is 438 g/mol. The van der Waals surface area contributed by atoms with Gasteiger partial charge in [-0.15, -0.1) is 0 Å². The Bertz CT molecular complexity index is 1220. The Morgan fingerprint density at radius 2 is 1.62 bits per heavy atom. The monoisotopic (exact) mass is 463 g/mol. The molecule has 1 atom stereocenters. The molecule has 4 rings (SSSR count). The van der Waals surface area contributed by atoms with E-state index in [4.69, 9.17) is 18.9 Å². The minimum Gasteiger partial charge on any atom is -0.497 e. The maximum atomic E-state index is 12.8. The first-order chi connectivity index (χ1) is 16.4. The molecule has 1 unspecified atom stereocenters. The van der Waals surface area contributed by atoms with Crippen molar-refractivity contribution in [3.05, 3.63) is 65.0 Å². The number of ether oxygens (including phenoxy) is 4. The highest BCUT2D eigenvalue weighted by Crippen LogP contribution is 2.36. The topological polar surface area (TPSA) is 109 Å². The number of nitrogens with one attached hydrogen (secondary N) is 1. The van der Waals surface area contributed by atoms with Crippen LogP contribution in [-0.4, -0.2) is 50.1 Å². The summed E-state index contributed by atoms with van der Waals surface area (Å²) in [6.07, 6.45) is 2.33. The van der Waals surface area contributed by atoms with E-state index in [1.54, 1.807) is 32.4 Å². The maximum Gasteiger partial charge on any atom is 0.258 e. The van der Waals surface area contributed by atoms with Gasteiger partial charge < -0.3 is 18.9 Å². The molecular formula is C25H25N3O6. The minimum atomic E-state index is -0.421. The highest BCUT2D eigenvalue weighted by atomic mass is 16.5. The van der Waals surface area contributed by atoms with Gasteiger partial charge in [-0.2, -0.15) is 0 Å². The van der Waals surface area contributed by atoms with Gasteiger partial charge in [-0.05, 0) is 42.2 Å². The third-order valence-corrected chi connectivity index (χ3v) is 5.76. The molecule has 1 aliphatic carbocycles. The van der Waals surface area contributed by atoms with Gasteiger partial charge in [-0.25, -0.2) is 9.97 Å². The number of hydrogen-bond donors (Lipinski definition) is 1. The number of aromatic nitrogens is 2. The van der Waals surface area contributed by atoms with Gasteiger partial charge >= 0.3 is 0 Å². The molecule has 0 fully saturated rings. The van der Waals surface area contributed by atoms with Crippen LogP contribution in [0.2, 0.25) is 0 Å². The maximum absolute atomic E-state index is 12.8. The Hall–Kier alpha value is -4.14. The Kier molecular flexibility index (Phi) is 6.62. The summed E-state index contributed by atoms with van der Waals surface area (Å²) in [5, 5.41) is 2.69. The fourth-order valence-corrected chi connectivity index (χ4v) is 3.96. The van der Waals surface area contributed by atoms with Gasteiger partial charge in [0.2, 0.25) is 5.95 Å². The smallest absolute Gasteiger partial charge is 0.258 e. The number of amides is 1. The zero-order valence-electron chi connectivity index (χ0n) is 19.4. The van der Waals surface area contributed by atoms with E-state index < -0.39 is 5.91 Å². The van der Waals surface area contributed by atoms with Crippen molar-refractivity contribution in [1.29, 1.82) is 0 Å². The highest BCUT2D eigenvalue weighted by molar-refractivity contribution is 6.04. The van der Waals surface area contributed by atoms with Gasteiger partial charge in [0.05, 0.1) is 39.7 Å². The van der Waals surface area contributed by atoms with E-state index in [0.29, 0.717) is 52.7 Å². The second-order valence-electron chi connectivity index (χ2n) is 7.75. The molecule has 0 aliphatic heterocycles. The van der Waals surface area contributed by atoms with Gasteiger partial charge in [0.15, 0.2) is 17.3 Å². The van der Waals surface area contributed by atoms with E-state index in [-0.39, 0.29) is 17.6 Å². The first-order valence-corrected chi connectivity index (χ1v) is 10.6. The van der Waals surface area contributed by atoms with Crippen molar-refractivity contribution >= 4 is 17.6 Å². The van der Waals surface area contributed by atoms with Crippen molar-refractivity contribution in [3.8, 4) is 23.0 Å². The van der Waals surface area contributed by atoms with Crippen LogP contribution in [0, 0.1) is 0 Å². The SMILES string of the molecule is COc1cc(OC)cc(C(=O)Nc2ncc3c(n2)CC(c2ccc(OC)c(OC)c2)CC3=O)c1.